The first-order valence-corrected chi connectivity index (χ1v) is 10.7. The molecule has 2 heterocycles. The van der Waals surface area contributed by atoms with Crippen LogP contribution in [-0.4, -0.2) is 66.0 Å². The Balaban J connectivity index is 1.65. The summed E-state index contributed by atoms with van der Waals surface area (Å²) < 4.78 is 11.0. The van der Waals surface area contributed by atoms with E-state index in [-0.39, 0.29) is 11.9 Å². The number of hydrogen-bond acceptors (Lipinski definition) is 8. The van der Waals surface area contributed by atoms with Gasteiger partial charge in [-0.2, -0.15) is 0 Å². The van der Waals surface area contributed by atoms with Gasteiger partial charge in [0.15, 0.2) is 11.5 Å². The Bertz CT molecular complexity index is 921. The number of piperidine rings is 1. The molecule has 3 N–H and O–H groups in total. The van der Waals surface area contributed by atoms with Gasteiger partial charge in [-0.05, 0) is 49.9 Å². The smallest absolute Gasteiger partial charge is 0.493 e. The quantitative estimate of drug-likeness (QED) is 0.303. The lowest BCUT2D eigenvalue weighted by atomic mass is 9.75. The Morgan fingerprint density at radius 3 is 2.69 bits per heavy atom. The average molecular weight is 443 g/mol. The van der Waals surface area contributed by atoms with Crippen molar-refractivity contribution in [3.8, 4) is 11.5 Å². The molecule has 0 unspecified atom stereocenters. The van der Waals surface area contributed by atoms with Gasteiger partial charge in [0.25, 0.3) is 5.91 Å². The van der Waals surface area contributed by atoms with Gasteiger partial charge in [0.2, 0.25) is 0 Å². The van der Waals surface area contributed by atoms with Crippen LogP contribution >= 0.6 is 0 Å². The average Bonchev–Trinajstić information content (AvgIpc) is 2.80. The lowest BCUT2D eigenvalue weighted by Gasteiger charge is -2.33. The van der Waals surface area contributed by atoms with Crippen molar-refractivity contribution in [3.05, 3.63) is 47.3 Å². The second kappa shape index (κ2) is 11.3. The standard InChI is InChI=1S/C22H30BN3O6/c1-4-31-21-19(30-3)6-5-16(20(21)23(28)32-29)14-26-9-7-18(8-10-26)25-22(27)17-11-15(2)12-24-13-17/h5-6,11-13,18,28-29H,4,7-10,14H2,1-3H3,(H,25,27). The Kier molecular flexibility index (Phi) is 8.46. The number of rotatable bonds is 9. The number of amides is 1. The molecule has 0 aliphatic carbocycles. The zero-order valence-corrected chi connectivity index (χ0v) is 18.7. The number of hydrogen-bond donors (Lipinski definition) is 3. The molecule has 9 nitrogen and oxygen atoms in total. The largest absolute Gasteiger partial charge is 0.526 e. The Morgan fingerprint density at radius 1 is 1.31 bits per heavy atom. The summed E-state index contributed by atoms with van der Waals surface area (Å²) in [6.07, 6.45) is 4.90. The summed E-state index contributed by atoms with van der Waals surface area (Å²) in [5, 5.41) is 22.4. The van der Waals surface area contributed by atoms with Crippen LogP contribution in [0.5, 0.6) is 11.5 Å². The predicted octanol–water partition coefficient (Wildman–Crippen LogP) is 1.37. The summed E-state index contributed by atoms with van der Waals surface area (Å²) >= 11 is 0. The third-order valence-electron chi connectivity index (χ3n) is 5.56. The molecule has 1 aromatic heterocycles. The highest BCUT2D eigenvalue weighted by Gasteiger charge is 2.30. The van der Waals surface area contributed by atoms with Crippen molar-refractivity contribution in [2.45, 2.75) is 39.3 Å². The lowest BCUT2D eigenvalue weighted by molar-refractivity contribution is -0.154. The number of pyridine rings is 1. The minimum absolute atomic E-state index is 0.0833. The van der Waals surface area contributed by atoms with Crippen molar-refractivity contribution < 1.29 is 29.4 Å². The molecular weight excluding hydrogens is 413 g/mol. The molecule has 0 saturated carbocycles. The zero-order chi connectivity index (χ0) is 23.1. The van der Waals surface area contributed by atoms with Gasteiger partial charge >= 0.3 is 7.12 Å². The number of carbonyl (C=O) groups is 1. The van der Waals surface area contributed by atoms with Crippen LogP contribution in [0.25, 0.3) is 0 Å². The van der Waals surface area contributed by atoms with Gasteiger partial charge in [0, 0.05) is 43.5 Å². The fourth-order valence-corrected chi connectivity index (χ4v) is 3.96. The first-order chi connectivity index (χ1) is 15.5. The molecule has 0 spiro atoms. The number of likely N-dealkylation sites (tertiary alicyclic amines) is 1. The van der Waals surface area contributed by atoms with Crippen molar-refractivity contribution in [1.82, 2.24) is 15.2 Å². The molecule has 32 heavy (non-hydrogen) atoms. The number of carbonyl (C=O) groups excluding carboxylic acids is 1. The summed E-state index contributed by atoms with van der Waals surface area (Å²) in [5.41, 5.74) is 2.63. The van der Waals surface area contributed by atoms with E-state index in [0.717, 1.165) is 37.1 Å². The maximum Gasteiger partial charge on any atom is 0.526 e. The van der Waals surface area contributed by atoms with Crippen LogP contribution in [0.15, 0.2) is 30.6 Å². The maximum atomic E-state index is 12.5. The molecule has 1 aromatic carbocycles. The Morgan fingerprint density at radius 2 is 2.06 bits per heavy atom. The third-order valence-corrected chi connectivity index (χ3v) is 5.56. The number of methoxy groups -OCH3 is 1. The van der Waals surface area contributed by atoms with Crippen LogP contribution < -0.4 is 20.3 Å². The fraction of sp³-hybridized carbons (Fsp3) is 0.455. The van der Waals surface area contributed by atoms with Crippen LogP contribution in [0.1, 0.15) is 41.3 Å². The first kappa shape index (κ1) is 24.0. The molecule has 0 bridgehead atoms. The zero-order valence-electron chi connectivity index (χ0n) is 18.7. The summed E-state index contributed by atoms with van der Waals surface area (Å²) in [6.45, 7) is 6.17. The number of benzene rings is 1. The fourth-order valence-electron chi connectivity index (χ4n) is 3.96. The van der Waals surface area contributed by atoms with E-state index in [1.54, 1.807) is 18.5 Å². The van der Waals surface area contributed by atoms with Gasteiger partial charge in [0.05, 0.1) is 19.3 Å². The van der Waals surface area contributed by atoms with E-state index < -0.39 is 7.12 Å². The minimum atomic E-state index is -1.55. The number of nitrogens with one attached hydrogen (secondary N) is 1. The number of aryl methyl sites for hydroxylation is 1. The van der Waals surface area contributed by atoms with E-state index in [1.165, 1.54) is 7.11 Å². The third kappa shape index (κ3) is 5.77. The van der Waals surface area contributed by atoms with E-state index in [4.69, 9.17) is 14.7 Å². The number of nitrogens with zero attached hydrogens (tertiary/aromatic N) is 2. The van der Waals surface area contributed by atoms with E-state index in [2.05, 4.69) is 20.0 Å². The molecule has 0 atom stereocenters. The van der Waals surface area contributed by atoms with Gasteiger partial charge in [-0.3, -0.25) is 24.7 Å². The normalized spacial score (nSPS) is 14.8. The van der Waals surface area contributed by atoms with Gasteiger partial charge in [-0.15, -0.1) is 0 Å². The van der Waals surface area contributed by atoms with Crippen LogP contribution in [0, 0.1) is 6.92 Å². The summed E-state index contributed by atoms with van der Waals surface area (Å²) in [5.74, 6) is 0.693. The molecule has 1 fully saturated rings. The van der Waals surface area contributed by atoms with Crippen LogP contribution in [0.3, 0.4) is 0 Å². The lowest BCUT2D eigenvalue weighted by Crippen LogP contribution is -2.45. The van der Waals surface area contributed by atoms with Crippen molar-refractivity contribution in [2.75, 3.05) is 26.8 Å². The van der Waals surface area contributed by atoms with Crippen LogP contribution in [-0.2, 0) is 11.3 Å². The topological polar surface area (TPSA) is 113 Å². The van der Waals surface area contributed by atoms with Gasteiger partial charge in [-0.25, -0.2) is 0 Å². The molecule has 1 saturated heterocycles. The highest BCUT2D eigenvalue weighted by Crippen LogP contribution is 2.28. The molecule has 3 rings (SSSR count). The second-order valence-electron chi connectivity index (χ2n) is 7.84. The van der Waals surface area contributed by atoms with Gasteiger partial charge < -0.3 is 19.8 Å². The maximum absolute atomic E-state index is 12.5. The molecular formula is C22H30BN3O6. The predicted molar refractivity (Wildman–Crippen MR) is 120 cm³/mol. The van der Waals surface area contributed by atoms with Crippen molar-refractivity contribution in [3.63, 3.8) is 0 Å². The summed E-state index contributed by atoms with van der Waals surface area (Å²) in [4.78, 5) is 23.0. The SMILES string of the molecule is CCOc1c(OC)ccc(CN2CCC(NC(=O)c3cncc(C)c3)CC2)c1B(O)OO. The second-order valence-corrected chi connectivity index (χ2v) is 7.84. The highest BCUT2D eigenvalue weighted by molar-refractivity contribution is 6.61. The van der Waals surface area contributed by atoms with E-state index >= 15 is 0 Å². The monoisotopic (exact) mass is 443 g/mol. The first-order valence-electron chi connectivity index (χ1n) is 10.7. The van der Waals surface area contributed by atoms with E-state index in [1.807, 2.05) is 26.0 Å². The molecule has 1 aliphatic rings. The van der Waals surface area contributed by atoms with Gasteiger partial charge in [-0.1, -0.05) is 6.07 Å². The minimum Gasteiger partial charge on any atom is -0.493 e. The molecule has 1 amide bonds. The summed E-state index contributed by atoms with van der Waals surface area (Å²) in [7, 11) is -0.0410. The molecule has 10 heteroatoms. The van der Waals surface area contributed by atoms with Gasteiger partial charge in [0.1, 0.15) is 0 Å². The van der Waals surface area contributed by atoms with Crippen molar-refractivity contribution in [2.24, 2.45) is 0 Å². The Labute approximate surface area is 188 Å². The number of aromatic nitrogens is 1. The number of ether oxygens (including phenoxy) is 2. The molecule has 172 valence electrons. The molecule has 0 radical (unpaired) electrons. The molecule has 1 aliphatic heterocycles. The summed E-state index contributed by atoms with van der Waals surface area (Å²) in [6, 6.07) is 5.52. The van der Waals surface area contributed by atoms with E-state index in [0.29, 0.717) is 35.7 Å². The van der Waals surface area contributed by atoms with E-state index in [9.17, 15) is 9.82 Å². The van der Waals surface area contributed by atoms with Crippen LogP contribution in [0.4, 0.5) is 0 Å². The van der Waals surface area contributed by atoms with Crippen LogP contribution in [0.2, 0.25) is 0 Å². The van der Waals surface area contributed by atoms with Crippen molar-refractivity contribution in [1.29, 1.82) is 0 Å². The molecule has 2 aromatic rings. The van der Waals surface area contributed by atoms with Crippen molar-refractivity contribution >= 4 is 18.5 Å². The highest BCUT2D eigenvalue weighted by atomic mass is 17.1. The Hall–Kier alpha value is -2.66.